The number of carboxylic acids is 1. The standard InChI is InChI=1S/C22H33N3O7/c1-14(2)12-25(13-22(31,18(23)27)19(28)29)20(30)24-16(17(26)32-21(3,4)5)11-15-9-7-6-8-10-15/h6-10,14,16,31H,11-13H2,1-5H3,(H2,23,27)(H,24,30)(H,28,29)/t16-,22?/m0/s1. The van der Waals surface area contributed by atoms with Crippen LogP contribution in [-0.4, -0.2) is 69.3 Å². The van der Waals surface area contributed by atoms with Crippen LogP contribution < -0.4 is 11.1 Å². The summed E-state index contributed by atoms with van der Waals surface area (Å²) in [7, 11) is 0. The van der Waals surface area contributed by atoms with Gasteiger partial charge in [-0.2, -0.15) is 0 Å². The van der Waals surface area contributed by atoms with Crippen LogP contribution in [0.1, 0.15) is 40.2 Å². The van der Waals surface area contributed by atoms with Gasteiger partial charge in [-0.3, -0.25) is 4.79 Å². The molecule has 1 unspecified atom stereocenters. The van der Waals surface area contributed by atoms with Crippen molar-refractivity contribution in [2.24, 2.45) is 11.7 Å². The minimum atomic E-state index is -2.98. The van der Waals surface area contributed by atoms with Crippen LogP contribution in [0.5, 0.6) is 0 Å². The Morgan fingerprint density at radius 2 is 1.69 bits per heavy atom. The Morgan fingerprint density at radius 3 is 2.12 bits per heavy atom. The topological polar surface area (TPSA) is 159 Å². The number of benzene rings is 1. The first-order valence-corrected chi connectivity index (χ1v) is 10.2. The lowest BCUT2D eigenvalue weighted by atomic mass is 10.0. The molecule has 178 valence electrons. The van der Waals surface area contributed by atoms with Crippen molar-refractivity contribution < 1.29 is 34.1 Å². The Balaban J connectivity index is 3.18. The van der Waals surface area contributed by atoms with Crippen molar-refractivity contribution in [3.8, 4) is 0 Å². The number of rotatable bonds is 10. The van der Waals surface area contributed by atoms with E-state index in [1.165, 1.54) is 0 Å². The maximum absolute atomic E-state index is 13.0. The van der Waals surface area contributed by atoms with Gasteiger partial charge in [-0.1, -0.05) is 44.2 Å². The van der Waals surface area contributed by atoms with Crippen LogP contribution in [0.4, 0.5) is 4.79 Å². The van der Waals surface area contributed by atoms with Crippen LogP contribution in [0.3, 0.4) is 0 Å². The number of nitrogens with two attached hydrogens (primary N) is 1. The third-order valence-corrected chi connectivity index (χ3v) is 4.33. The zero-order valence-electron chi connectivity index (χ0n) is 19.1. The number of carbonyl (C=O) groups excluding carboxylic acids is 3. The van der Waals surface area contributed by atoms with Crippen molar-refractivity contribution in [1.29, 1.82) is 0 Å². The van der Waals surface area contributed by atoms with Gasteiger partial charge in [0, 0.05) is 13.0 Å². The van der Waals surface area contributed by atoms with Crippen molar-refractivity contribution >= 4 is 23.9 Å². The van der Waals surface area contributed by atoms with Crippen LogP contribution in [0.25, 0.3) is 0 Å². The number of carboxylic acid groups (broad SMARTS) is 1. The highest BCUT2D eigenvalue weighted by Crippen LogP contribution is 2.14. The van der Waals surface area contributed by atoms with Crippen molar-refractivity contribution in [3.63, 3.8) is 0 Å². The number of hydrogen-bond acceptors (Lipinski definition) is 6. The highest BCUT2D eigenvalue weighted by molar-refractivity contribution is 6.05. The average molecular weight is 452 g/mol. The lowest BCUT2D eigenvalue weighted by molar-refractivity contribution is -0.166. The molecular weight excluding hydrogens is 418 g/mol. The van der Waals surface area contributed by atoms with Crippen LogP contribution in [0.15, 0.2) is 30.3 Å². The molecule has 0 fully saturated rings. The first-order chi connectivity index (χ1) is 14.7. The second-order valence-corrected chi connectivity index (χ2v) is 9.03. The summed E-state index contributed by atoms with van der Waals surface area (Å²) in [6.45, 7) is 7.72. The molecule has 0 spiro atoms. The molecule has 0 saturated heterocycles. The third kappa shape index (κ3) is 8.18. The molecule has 0 aromatic heterocycles. The van der Waals surface area contributed by atoms with Crippen LogP contribution >= 0.6 is 0 Å². The van der Waals surface area contributed by atoms with Crippen molar-refractivity contribution in [2.45, 2.75) is 58.3 Å². The summed E-state index contributed by atoms with van der Waals surface area (Å²) in [5, 5.41) is 22.1. The molecule has 10 heteroatoms. The van der Waals surface area contributed by atoms with Gasteiger partial charge in [0.05, 0.1) is 6.54 Å². The SMILES string of the molecule is CC(C)CN(CC(O)(C(N)=O)C(=O)O)C(=O)N[C@@H](Cc1ccccc1)C(=O)OC(C)(C)C. The van der Waals surface area contributed by atoms with Crippen molar-refractivity contribution in [1.82, 2.24) is 10.2 Å². The molecule has 10 nitrogen and oxygen atoms in total. The number of urea groups is 1. The first-order valence-electron chi connectivity index (χ1n) is 10.2. The number of esters is 1. The highest BCUT2D eigenvalue weighted by atomic mass is 16.6. The number of nitrogens with one attached hydrogen (secondary N) is 1. The molecular formula is C22H33N3O7. The number of ether oxygens (including phenoxy) is 1. The maximum Gasteiger partial charge on any atom is 0.347 e. The van der Waals surface area contributed by atoms with E-state index < -0.39 is 47.7 Å². The number of aliphatic carboxylic acids is 1. The molecule has 0 aliphatic carbocycles. The summed E-state index contributed by atoms with van der Waals surface area (Å²) in [6, 6.07) is 7.02. The molecule has 1 rings (SSSR count). The molecule has 1 aromatic rings. The Morgan fingerprint density at radius 1 is 1.12 bits per heavy atom. The van der Waals surface area contributed by atoms with E-state index in [0.29, 0.717) is 0 Å². The smallest absolute Gasteiger partial charge is 0.347 e. The quantitative estimate of drug-likeness (QED) is 0.304. The number of nitrogens with zero attached hydrogens (tertiary/aromatic N) is 1. The van der Waals surface area contributed by atoms with E-state index in [2.05, 4.69) is 5.32 Å². The summed E-state index contributed by atoms with van der Waals surface area (Å²) in [5.74, 6) is -4.19. The summed E-state index contributed by atoms with van der Waals surface area (Å²) in [6.07, 6.45) is 0.121. The second-order valence-electron chi connectivity index (χ2n) is 9.03. The van der Waals surface area contributed by atoms with Crippen molar-refractivity contribution in [2.75, 3.05) is 13.1 Å². The molecule has 0 aliphatic rings. The minimum Gasteiger partial charge on any atom is -0.479 e. The Bertz CT molecular complexity index is 805. The van der Waals surface area contributed by atoms with Gasteiger partial charge in [-0.15, -0.1) is 0 Å². The van der Waals surface area contributed by atoms with E-state index in [0.717, 1.165) is 10.5 Å². The zero-order chi connectivity index (χ0) is 24.7. The van der Waals surface area contributed by atoms with Gasteiger partial charge >= 0.3 is 18.0 Å². The summed E-state index contributed by atoms with van der Waals surface area (Å²) >= 11 is 0. The predicted molar refractivity (Wildman–Crippen MR) is 117 cm³/mol. The monoisotopic (exact) mass is 451 g/mol. The number of hydrogen-bond donors (Lipinski definition) is 4. The zero-order valence-corrected chi connectivity index (χ0v) is 19.1. The number of carbonyl (C=O) groups is 4. The number of aliphatic hydroxyl groups is 1. The average Bonchev–Trinajstić information content (AvgIpc) is 2.65. The Hall–Kier alpha value is -3.14. The lowest BCUT2D eigenvalue weighted by Crippen LogP contribution is -2.61. The van der Waals surface area contributed by atoms with E-state index in [9.17, 15) is 29.4 Å². The van der Waals surface area contributed by atoms with E-state index in [4.69, 9.17) is 10.5 Å². The molecule has 1 aromatic carbocycles. The highest BCUT2D eigenvalue weighted by Gasteiger charge is 2.45. The second kappa shape index (κ2) is 10.9. The van der Waals surface area contributed by atoms with Crippen LogP contribution in [-0.2, 0) is 25.5 Å². The van der Waals surface area contributed by atoms with Gasteiger partial charge < -0.3 is 30.9 Å². The van der Waals surface area contributed by atoms with E-state index in [1.807, 2.05) is 6.07 Å². The number of primary amides is 1. The summed E-state index contributed by atoms with van der Waals surface area (Å²) in [5.41, 5.74) is 2.05. The van der Waals surface area contributed by atoms with Gasteiger partial charge in [-0.25, -0.2) is 14.4 Å². The van der Waals surface area contributed by atoms with E-state index in [-0.39, 0.29) is 18.9 Å². The third-order valence-electron chi connectivity index (χ3n) is 4.33. The lowest BCUT2D eigenvalue weighted by Gasteiger charge is -2.32. The summed E-state index contributed by atoms with van der Waals surface area (Å²) < 4.78 is 5.42. The van der Waals surface area contributed by atoms with Gasteiger partial charge in [0.15, 0.2) is 0 Å². The molecule has 32 heavy (non-hydrogen) atoms. The van der Waals surface area contributed by atoms with Crippen LogP contribution in [0, 0.1) is 5.92 Å². The Labute approximate surface area is 187 Å². The molecule has 0 saturated carbocycles. The van der Waals surface area contributed by atoms with Crippen LogP contribution in [0.2, 0.25) is 0 Å². The number of amides is 3. The molecule has 2 atom stereocenters. The summed E-state index contributed by atoms with van der Waals surface area (Å²) in [4.78, 5) is 49.8. The fourth-order valence-corrected chi connectivity index (χ4v) is 2.84. The van der Waals surface area contributed by atoms with Gasteiger partial charge in [0.2, 0.25) is 0 Å². The van der Waals surface area contributed by atoms with Gasteiger partial charge in [0.25, 0.3) is 11.5 Å². The molecule has 0 heterocycles. The fourth-order valence-electron chi connectivity index (χ4n) is 2.84. The van der Waals surface area contributed by atoms with Gasteiger partial charge in [0.1, 0.15) is 11.6 Å². The minimum absolute atomic E-state index is 0.00107. The normalized spacial score (nSPS) is 14.2. The van der Waals surface area contributed by atoms with Gasteiger partial charge in [-0.05, 0) is 32.3 Å². The first kappa shape index (κ1) is 26.9. The molecule has 0 bridgehead atoms. The van der Waals surface area contributed by atoms with E-state index in [1.54, 1.807) is 58.9 Å². The van der Waals surface area contributed by atoms with Crippen molar-refractivity contribution in [3.05, 3.63) is 35.9 Å². The molecule has 0 radical (unpaired) electrons. The van der Waals surface area contributed by atoms with E-state index >= 15 is 0 Å². The fraction of sp³-hybridized carbons (Fsp3) is 0.545. The maximum atomic E-state index is 13.0. The molecule has 5 N–H and O–H groups in total. The molecule has 3 amide bonds. The Kier molecular flexibility index (Phi) is 9.20. The largest absolute Gasteiger partial charge is 0.479 e. The predicted octanol–water partition coefficient (Wildman–Crippen LogP) is 0.908. The molecule has 0 aliphatic heterocycles.